The molecule has 14 heavy (non-hydrogen) atoms. The van der Waals surface area contributed by atoms with Crippen molar-refractivity contribution in [3.8, 4) is 0 Å². The Kier molecular flexibility index (Phi) is 2.23. The van der Waals surface area contributed by atoms with E-state index in [-0.39, 0.29) is 11.5 Å². The molecular weight excluding hydrogens is 176 g/mol. The highest BCUT2D eigenvalue weighted by molar-refractivity contribution is 5.63. The molecule has 1 aliphatic rings. The van der Waals surface area contributed by atoms with Crippen LogP contribution in [0.1, 0.15) is 32.4 Å². The molecule has 0 radical (unpaired) electrons. The zero-order chi connectivity index (χ0) is 10.2. The second kappa shape index (κ2) is 3.28. The second-order valence-electron chi connectivity index (χ2n) is 4.70. The fourth-order valence-electron chi connectivity index (χ4n) is 2.16. The first-order valence-electron chi connectivity index (χ1n) is 5.00. The third-order valence-electron chi connectivity index (χ3n) is 2.62. The Balaban J connectivity index is 2.31. The van der Waals surface area contributed by atoms with E-state index in [4.69, 9.17) is 4.42 Å². The van der Waals surface area contributed by atoms with E-state index in [1.807, 2.05) is 12.1 Å². The molecule has 1 aromatic rings. The maximum atomic E-state index is 9.73. The molecule has 1 heterocycles. The molecule has 1 aromatic heterocycles. The lowest BCUT2D eigenvalue weighted by Gasteiger charge is -2.30. The Bertz CT molecular complexity index is 333. The minimum absolute atomic E-state index is 0.0692. The highest BCUT2D eigenvalue weighted by Crippen LogP contribution is 2.37. The van der Waals surface area contributed by atoms with Gasteiger partial charge in [-0.1, -0.05) is 19.9 Å². The van der Waals surface area contributed by atoms with E-state index in [0.29, 0.717) is 6.42 Å². The Hall–Kier alpha value is -1.02. The quantitative estimate of drug-likeness (QED) is 0.742. The predicted molar refractivity (Wildman–Crippen MR) is 55.7 cm³/mol. The zero-order valence-corrected chi connectivity index (χ0v) is 8.66. The van der Waals surface area contributed by atoms with Crippen molar-refractivity contribution in [2.75, 3.05) is 0 Å². The Labute approximate surface area is 84.2 Å². The number of allylic oxidation sites excluding steroid dienone is 1. The number of hydrogen-bond acceptors (Lipinski definition) is 2. The van der Waals surface area contributed by atoms with Gasteiger partial charge >= 0.3 is 0 Å². The molecule has 2 nitrogen and oxygen atoms in total. The molecule has 2 rings (SSSR count). The van der Waals surface area contributed by atoms with Gasteiger partial charge in [0.05, 0.1) is 12.4 Å². The molecule has 0 aromatic carbocycles. The van der Waals surface area contributed by atoms with Crippen LogP contribution in [0.15, 0.2) is 28.9 Å². The molecule has 0 fully saturated rings. The molecule has 0 aliphatic heterocycles. The van der Waals surface area contributed by atoms with Gasteiger partial charge < -0.3 is 9.52 Å². The van der Waals surface area contributed by atoms with Crippen LogP contribution < -0.4 is 0 Å². The average Bonchev–Trinajstić information content (AvgIpc) is 2.51. The topological polar surface area (TPSA) is 33.4 Å². The third kappa shape index (κ3) is 1.90. The zero-order valence-electron chi connectivity index (χ0n) is 8.66. The summed E-state index contributed by atoms with van der Waals surface area (Å²) < 4.78 is 5.34. The highest BCUT2D eigenvalue weighted by atomic mass is 16.3. The average molecular weight is 192 g/mol. The van der Waals surface area contributed by atoms with Gasteiger partial charge in [-0.15, -0.1) is 0 Å². The molecule has 1 atom stereocenters. The van der Waals surface area contributed by atoms with E-state index in [1.54, 1.807) is 6.26 Å². The van der Waals surface area contributed by atoms with Crippen molar-refractivity contribution in [3.63, 3.8) is 0 Å². The van der Waals surface area contributed by atoms with Crippen LogP contribution in [0.4, 0.5) is 0 Å². The van der Waals surface area contributed by atoms with Crippen LogP contribution in [0.5, 0.6) is 0 Å². The van der Waals surface area contributed by atoms with E-state index in [0.717, 1.165) is 17.8 Å². The molecule has 1 aliphatic carbocycles. The van der Waals surface area contributed by atoms with Gasteiger partial charge in [-0.05, 0) is 29.5 Å². The molecule has 0 saturated carbocycles. The monoisotopic (exact) mass is 192 g/mol. The molecule has 2 heteroatoms. The summed E-state index contributed by atoms with van der Waals surface area (Å²) in [6.07, 6.45) is 5.17. The van der Waals surface area contributed by atoms with Crippen molar-refractivity contribution in [2.45, 2.75) is 32.8 Å². The van der Waals surface area contributed by atoms with Gasteiger partial charge in [0, 0.05) is 6.42 Å². The molecule has 0 spiro atoms. The number of furan rings is 1. The van der Waals surface area contributed by atoms with Gasteiger partial charge in [0.15, 0.2) is 0 Å². The first-order valence-corrected chi connectivity index (χ1v) is 5.00. The summed E-state index contributed by atoms with van der Waals surface area (Å²) in [5.74, 6) is 0.886. The van der Waals surface area contributed by atoms with Crippen molar-refractivity contribution in [1.29, 1.82) is 0 Å². The van der Waals surface area contributed by atoms with Gasteiger partial charge in [0.25, 0.3) is 0 Å². The maximum absolute atomic E-state index is 9.73. The minimum Gasteiger partial charge on any atom is -0.465 e. The first kappa shape index (κ1) is 9.53. The lowest BCUT2D eigenvalue weighted by atomic mass is 9.78. The summed E-state index contributed by atoms with van der Waals surface area (Å²) in [6.45, 7) is 4.27. The van der Waals surface area contributed by atoms with Gasteiger partial charge in [0.1, 0.15) is 5.76 Å². The fraction of sp³-hybridized carbons (Fsp3) is 0.500. The summed E-state index contributed by atoms with van der Waals surface area (Å²) in [5, 5.41) is 9.73. The van der Waals surface area contributed by atoms with E-state index in [1.165, 1.54) is 0 Å². The lowest BCUT2D eigenvalue weighted by Crippen LogP contribution is -2.23. The molecule has 0 bridgehead atoms. The van der Waals surface area contributed by atoms with Crippen molar-refractivity contribution in [1.82, 2.24) is 0 Å². The van der Waals surface area contributed by atoms with Crippen LogP contribution in [-0.2, 0) is 0 Å². The number of aliphatic hydroxyl groups is 1. The largest absolute Gasteiger partial charge is 0.465 e. The predicted octanol–water partition coefficient (Wildman–Crippen LogP) is 2.84. The van der Waals surface area contributed by atoms with Crippen LogP contribution in [0, 0.1) is 5.41 Å². The number of hydrogen-bond donors (Lipinski definition) is 1. The van der Waals surface area contributed by atoms with Crippen LogP contribution in [0.2, 0.25) is 0 Å². The smallest absolute Gasteiger partial charge is 0.129 e. The van der Waals surface area contributed by atoms with Crippen LogP contribution >= 0.6 is 0 Å². The van der Waals surface area contributed by atoms with Crippen molar-refractivity contribution < 1.29 is 9.52 Å². The Morgan fingerprint density at radius 1 is 1.50 bits per heavy atom. The summed E-state index contributed by atoms with van der Waals surface area (Å²) in [5.41, 5.74) is 1.19. The van der Waals surface area contributed by atoms with Gasteiger partial charge in [-0.2, -0.15) is 0 Å². The number of rotatable bonds is 1. The van der Waals surface area contributed by atoms with E-state index >= 15 is 0 Å². The molecule has 1 unspecified atom stereocenters. The molecule has 76 valence electrons. The van der Waals surface area contributed by atoms with Crippen molar-refractivity contribution in [3.05, 3.63) is 30.2 Å². The van der Waals surface area contributed by atoms with Crippen molar-refractivity contribution >= 4 is 5.57 Å². The summed E-state index contributed by atoms with van der Waals surface area (Å²) in [7, 11) is 0. The van der Waals surface area contributed by atoms with Gasteiger partial charge in [-0.3, -0.25) is 0 Å². The summed E-state index contributed by atoms with van der Waals surface area (Å²) in [6, 6.07) is 3.82. The Morgan fingerprint density at radius 2 is 2.29 bits per heavy atom. The van der Waals surface area contributed by atoms with Crippen LogP contribution in [-0.4, -0.2) is 11.2 Å². The third-order valence-corrected chi connectivity index (χ3v) is 2.62. The number of aliphatic hydroxyl groups excluding tert-OH is 1. The van der Waals surface area contributed by atoms with Gasteiger partial charge in [-0.25, -0.2) is 0 Å². The van der Waals surface area contributed by atoms with E-state index in [2.05, 4.69) is 19.9 Å². The van der Waals surface area contributed by atoms with E-state index in [9.17, 15) is 5.11 Å². The molecule has 0 saturated heterocycles. The van der Waals surface area contributed by atoms with E-state index < -0.39 is 0 Å². The molecule has 0 amide bonds. The van der Waals surface area contributed by atoms with Crippen LogP contribution in [0.3, 0.4) is 0 Å². The van der Waals surface area contributed by atoms with Crippen molar-refractivity contribution in [2.24, 2.45) is 5.41 Å². The van der Waals surface area contributed by atoms with Crippen LogP contribution in [0.25, 0.3) is 5.57 Å². The standard InChI is InChI=1S/C12H16O2/c1-12(2)7-9(6-10(13)8-12)11-4-3-5-14-11/h3-5,7,10,13H,6,8H2,1-2H3. The summed E-state index contributed by atoms with van der Waals surface area (Å²) >= 11 is 0. The lowest BCUT2D eigenvalue weighted by molar-refractivity contribution is 0.128. The first-order chi connectivity index (χ1) is 6.57. The highest BCUT2D eigenvalue weighted by Gasteiger charge is 2.27. The second-order valence-corrected chi connectivity index (χ2v) is 4.70. The summed E-state index contributed by atoms with van der Waals surface area (Å²) in [4.78, 5) is 0. The molecule has 1 N–H and O–H groups in total. The normalized spacial score (nSPS) is 25.9. The maximum Gasteiger partial charge on any atom is 0.129 e. The molecular formula is C12H16O2. The fourth-order valence-corrected chi connectivity index (χ4v) is 2.16. The Morgan fingerprint density at radius 3 is 2.86 bits per heavy atom. The SMILES string of the molecule is CC1(C)C=C(c2ccco2)CC(O)C1. The van der Waals surface area contributed by atoms with Gasteiger partial charge in [0.2, 0.25) is 0 Å². The minimum atomic E-state index is -0.241.